The van der Waals surface area contributed by atoms with Gasteiger partial charge in [-0.05, 0) is 25.2 Å². The SMILES string of the molecule is COC1CCN(C(=O)[C@H](N)C(C)(C)C)C(C)C1. The first kappa shape index (κ1) is 14.5. The van der Waals surface area contributed by atoms with Crippen LogP contribution in [0.2, 0.25) is 0 Å². The average Bonchev–Trinajstić information content (AvgIpc) is 2.25. The number of hydrogen-bond acceptors (Lipinski definition) is 3. The third-order valence-corrected chi connectivity index (χ3v) is 3.64. The van der Waals surface area contributed by atoms with E-state index in [-0.39, 0.29) is 23.5 Å². The number of nitrogens with two attached hydrogens (primary N) is 1. The van der Waals surface area contributed by atoms with Crippen LogP contribution in [0.15, 0.2) is 0 Å². The summed E-state index contributed by atoms with van der Waals surface area (Å²) in [5, 5.41) is 0. The zero-order valence-corrected chi connectivity index (χ0v) is 11.7. The molecule has 1 aliphatic rings. The van der Waals surface area contributed by atoms with Crippen molar-refractivity contribution >= 4 is 5.91 Å². The van der Waals surface area contributed by atoms with Crippen molar-refractivity contribution < 1.29 is 9.53 Å². The van der Waals surface area contributed by atoms with Gasteiger partial charge < -0.3 is 15.4 Å². The van der Waals surface area contributed by atoms with E-state index in [9.17, 15) is 4.79 Å². The molecule has 2 N–H and O–H groups in total. The van der Waals surface area contributed by atoms with Crippen molar-refractivity contribution in [2.24, 2.45) is 11.1 Å². The second-order valence-electron chi connectivity index (χ2n) is 6.11. The standard InChI is InChI=1S/C13H26N2O2/c1-9-8-10(17-5)6-7-15(9)12(16)11(14)13(2,3)4/h9-11H,6-8,14H2,1-5H3/t9?,10?,11-/m0/s1. The number of carbonyl (C=O) groups excluding carboxylic acids is 1. The minimum absolute atomic E-state index is 0.0690. The van der Waals surface area contributed by atoms with Crippen LogP contribution in [-0.4, -0.2) is 42.6 Å². The molecular formula is C13H26N2O2. The van der Waals surface area contributed by atoms with E-state index < -0.39 is 6.04 Å². The van der Waals surface area contributed by atoms with Gasteiger partial charge in [0.05, 0.1) is 12.1 Å². The number of nitrogens with zero attached hydrogens (tertiary/aromatic N) is 1. The second-order valence-corrected chi connectivity index (χ2v) is 6.11. The van der Waals surface area contributed by atoms with Crippen LogP contribution in [0, 0.1) is 5.41 Å². The Hall–Kier alpha value is -0.610. The summed E-state index contributed by atoms with van der Waals surface area (Å²) < 4.78 is 5.35. The molecule has 1 rings (SSSR count). The summed E-state index contributed by atoms with van der Waals surface area (Å²) in [5.74, 6) is 0.0690. The van der Waals surface area contributed by atoms with Crippen LogP contribution in [0.25, 0.3) is 0 Å². The maximum absolute atomic E-state index is 12.3. The van der Waals surface area contributed by atoms with Gasteiger partial charge in [-0.1, -0.05) is 20.8 Å². The molecule has 3 atom stereocenters. The molecule has 100 valence electrons. The van der Waals surface area contributed by atoms with E-state index in [0.717, 1.165) is 19.4 Å². The van der Waals surface area contributed by atoms with Gasteiger partial charge in [0.25, 0.3) is 0 Å². The molecule has 0 spiro atoms. The number of rotatable bonds is 2. The Kier molecular flexibility index (Phi) is 4.55. The molecule has 1 saturated heterocycles. The van der Waals surface area contributed by atoms with Crippen molar-refractivity contribution in [3.8, 4) is 0 Å². The molecule has 17 heavy (non-hydrogen) atoms. The van der Waals surface area contributed by atoms with Gasteiger partial charge in [-0.15, -0.1) is 0 Å². The minimum atomic E-state index is -0.427. The van der Waals surface area contributed by atoms with Crippen molar-refractivity contribution in [3.05, 3.63) is 0 Å². The molecule has 0 aliphatic carbocycles. The highest BCUT2D eigenvalue weighted by Gasteiger charge is 2.35. The zero-order valence-electron chi connectivity index (χ0n) is 11.7. The first-order chi connectivity index (χ1) is 7.77. The van der Waals surface area contributed by atoms with Gasteiger partial charge in [-0.3, -0.25) is 4.79 Å². The van der Waals surface area contributed by atoms with E-state index in [0.29, 0.717) is 0 Å². The van der Waals surface area contributed by atoms with E-state index in [1.165, 1.54) is 0 Å². The summed E-state index contributed by atoms with van der Waals surface area (Å²) in [5.41, 5.74) is 5.85. The molecule has 4 nitrogen and oxygen atoms in total. The zero-order chi connectivity index (χ0) is 13.2. The Balaban J connectivity index is 2.65. The topological polar surface area (TPSA) is 55.6 Å². The molecule has 1 fully saturated rings. The predicted molar refractivity (Wildman–Crippen MR) is 68.6 cm³/mol. The van der Waals surface area contributed by atoms with E-state index in [1.807, 2.05) is 25.7 Å². The molecule has 0 saturated carbocycles. The minimum Gasteiger partial charge on any atom is -0.381 e. The lowest BCUT2D eigenvalue weighted by molar-refractivity contribution is -0.140. The monoisotopic (exact) mass is 242 g/mol. The maximum Gasteiger partial charge on any atom is 0.240 e. The summed E-state index contributed by atoms with van der Waals surface area (Å²) in [4.78, 5) is 14.2. The van der Waals surface area contributed by atoms with Crippen molar-refractivity contribution in [2.45, 2.75) is 58.7 Å². The normalized spacial score (nSPS) is 28.0. The highest BCUT2D eigenvalue weighted by atomic mass is 16.5. The fourth-order valence-electron chi connectivity index (χ4n) is 2.22. The Morgan fingerprint density at radius 2 is 2.06 bits per heavy atom. The molecule has 0 radical (unpaired) electrons. The van der Waals surface area contributed by atoms with E-state index in [2.05, 4.69) is 6.92 Å². The predicted octanol–water partition coefficient (Wildman–Crippen LogP) is 1.39. The fraction of sp³-hybridized carbons (Fsp3) is 0.923. The highest BCUT2D eigenvalue weighted by molar-refractivity contribution is 5.82. The van der Waals surface area contributed by atoms with Crippen LogP contribution >= 0.6 is 0 Å². The first-order valence-corrected chi connectivity index (χ1v) is 6.36. The molecule has 0 aromatic rings. The fourth-order valence-corrected chi connectivity index (χ4v) is 2.22. The lowest BCUT2D eigenvalue weighted by Crippen LogP contribution is -2.55. The van der Waals surface area contributed by atoms with Gasteiger partial charge in [0, 0.05) is 19.7 Å². The average molecular weight is 242 g/mol. The largest absolute Gasteiger partial charge is 0.381 e. The molecule has 4 heteroatoms. The first-order valence-electron chi connectivity index (χ1n) is 6.36. The summed E-state index contributed by atoms with van der Waals surface area (Å²) >= 11 is 0. The van der Waals surface area contributed by atoms with Gasteiger partial charge in [0.1, 0.15) is 0 Å². The number of ether oxygens (including phenoxy) is 1. The molecule has 1 heterocycles. The van der Waals surface area contributed by atoms with Gasteiger partial charge in [-0.2, -0.15) is 0 Å². The lowest BCUT2D eigenvalue weighted by atomic mass is 9.85. The number of carbonyl (C=O) groups is 1. The summed E-state index contributed by atoms with van der Waals surface area (Å²) in [6.07, 6.45) is 2.09. The molecule has 1 aliphatic heterocycles. The van der Waals surface area contributed by atoms with Crippen LogP contribution in [0.5, 0.6) is 0 Å². The lowest BCUT2D eigenvalue weighted by Gasteiger charge is -2.40. The van der Waals surface area contributed by atoms with Crippen molar-refractivity contribution in [1.82, 2.24) is 4.90 Å². The number of methoxy groups -OCH3 is 1. The van der Waals surface area contributed by atoms with Gasteiger partial charge in [0.15, 0.2) is 0 Å². The third kappa shape index (κ3) is 3.42. The molecule has 1 amide bonds. The second kappa shape index (κ2) is 5.36. The molecule has 2 unspecified atom stereocenters. The van der Waals surface area contributed by atoms with Crippen LogP contribution in [-0.2, 0) is 9.53 Å². The molecule has 0 aromatic carbocycles. The van der Waals surface area contributed by atoms with Gasteiger partial charge in [-0.25, -0.2) is 0 Å². The summed E-state index contributed by atoms with van der Waals surface area (Å²) in [7, 11) is 1.73. The summed E-state index contributed by atoms with van der Waals surface area (Å²) in [6.45, 7) is 8.83. The maximum atomic E-state index is 12.3. The van der Waals surface area contributed by atoms with Crippen LogP contribution in [0.3, 0.4) is 0 Å². The number of piperidine rings is 1. The Bertz CT molecular complexity index is 273. The molecule has 0 bridgehead atoms. The van der Waals surface area contributed by atoms with Crippen LogP contribution < -0.4 is 5.73 Å². The van der Waals surface area contributed by atoms with Crippen molar-refractivity contribution in [2.75, 3.05) is 13.7 Å². The van der Waals surface area contributed by atoms with Gasteiger partial charge >= 0.3 is 0 Å². The number of amides is 1. The third-order valence-electron chi connectivity index (χ3n) is 3.64. The Labute approximate surface area is 104 Å². The summed E-state index contributed by atoms with van der Waals surface area (Å²) in [6, 6.07) is -0.210. The van der Waals surface area contributed by atoms with Crippen molar-refractivity contribution in [1.29, 1.82) is 0 Å². The number of likely N-dealkylation sites (tertiary alicyclic amines) is 1. The van der Waals surface area contributed by atoms with E-state index in [1.54, 1.807) is 7.11 Å². The smallest absolute Gasteiger partial charge is 0.240 e. The Morgan fingerprint density at radius 1 is 1.47 bits per heavy atom. The van der Waals surface area contributed by atoms with Gasteiger partial charge in [0.2, 0.25) is 5.91 Å². The van der Waals surface area contributed by atoms with Crippen LogP contribution in [0.4, 0.5) is 0 Å². The molecular weight excluding hydrogens is 216 g/mol. The van der Waals surface area contributed by atoms with Crippen LogP contribution in [0.1, 0.15) is 40.5 Å². The van der Waals surface area contributed by atoms with E-state index >= 15 is 0 Å². The quantitative estimate of drug-likeness (QED) is 0.796. The van der Waals surface area contributed by atoms with Crippen molar-refractivity contribution in [3.63, 3.8) is 0 Å². The number of hydrogen-bond donors (Lipinski definition) is 1. The molecule has 0 aromatic heterocycles. The van der Waals surface area contributed by atoms with E-state index in [4.69, 9.17) is 10.5 Å². The Morgan fingerprint density at radius 3 is 2.47 bits per heavy atom. The highest BCUT2D eigenvalue weighted by Crippen LogP contribution is 2.24.